The van der Waals surface area contributed by atoms with E-state index in [0.29, 0.717) is 0 Å². The molecule has 0 atom stereocenters. The van der Waals surface area contributed by atoms with Crippen molar-refractivity contribution in [1.82, 2.24) is 0 Å². The second-order valence-electron chi connectivity index (χ2n) is 1.65. The van der Waals surface area contributed by atoms with E-state index in [1.165, 1.54) is 0 Å². The molecule has 0 aliphatic rings. The molecule has 0 amide bonds. The molecule has 9 heavy (non-hydrogen) atoms. The van der Waals surface area contributed by atoms with Crippen LogP contribution < -0.4 is 0 Å². The van der Waals surface area contributed by atoms with Crippen LogP contribution in [0.15, 0.2) is 33.9 Å². The van der Waals surface area contributed by atoms with Crippen LogP contribution in [0.4, 0.5) is 0 Å². The maximum absolute atomic E-state index is 5.06. The first-order valence-electron chi connectivity index (χ1n) is 2.71. The third kappa shape index (κ3) is 2.06. The molecular formula is C7H7BrO. The summed E-state index contributed by atoms with van der Waals surface area (Å²) in [5.41, 5.74) is 0. The van der Waals surface area contributed by atoms with E-state index < -0.39 is 0 Å². The van der Waals surface area contributed by atoms with Crippen molar-refractivity contribution in [3.05, 3.63) is 35.2 Å². The molecule has 0 N–H and O–H groups in total. The molecular weight excluding hydrogens is 180 g/mol. The van der Waals surface area contributed by atoms with Crippen molar-refractivity contribution in [2.45, 2.75) is 6.42 Å². The second-order valence-corrected chi connectivity index (χ2v) is 2.17. The summed E-state index contributed by atoms with van der Waals surface area (Å²) in [6.45, 7) is 0. The molecule has 1 rings (SSSR count). The van der Waals surface area contributed by atoms with Gasteiger partial charge in [0.05, 0.1) is 6.26 Å². The highest BCUT2D eigenvalue weighted by atomic mass is 79.9. The smallest absolute Gasteiger partial charge is 0.107 e. The molecule has 0 aromatic carbocycles. The van der Waals surface area contributed by atoms with Crippen LogP contribution in [0.25, 0.3) is 0 Å². The number of furan rings is 1. The lowest BCUT2D eigenvalue weighted by molar-refractivity contribution is 0.523. The van der Waals surface area contributed by atoms with Gasteiger partial charge in [0.15, 0.2) is 0 Å². The van der Waals surface area contributed by atoms with Crippen LogP contribution in [0, 0.1) is 0 Å². The first kappa shape index (κ1) is 6.62. The van der Waals surface area contributed by atoms with Gasteiger partial charge in [-0.25, -0.2) is 0 Å². The molecule has 1 aromatic heterocycles. The minimum atomic E-state index is 0.859. The Hall–Kier alpha value is -0.500. The molecule has 0 fully saturated rings. The monoisotopic (exact) mass is 186 g/mol. The first-order valence-corrected chi connectivity index (χ1v) is 3.62. The highest BCUT2D eigenvalue weighted by Gasteiger charge is 1.87. The molecule has 1 heterocycles. The Bertz CT molecular complexity index is 177. The lowest BCUT2D eigenvalue weighted by Crippen LogP contribution is -1.70. The number of halogens is 1. The van der Waals surface area contributed by atoms with Gasteiger partial charge in [0, 0.05) is 6.42 Å². The molecule has 0 aliphatic carbocycles. The van der Waals surface area contributed by atoms with E-state index in [2.05, 4.69) is 15.9 Å². The predicted octanol–water partition coefficient (Wildman–Crippen LogP) is 2.73. The van der Waals surface area contributed by atoms with Crippen LogP contribution in [-0.4, -0.2) is 0 Å². The lowest BCUT2D eigenvalue weighted by atomic mass is 10.3. The Balaban J connectivity index is 2.48. The molecule has 48 valence electrons. The zero-order chi connectivity index (χ0) is 6.53. The number of allylic oxidation sites excluding steroid dienone is 1. The van der Waals surface area contributed by atoms with Crippen LogP contribution in [0.1, 0.15) is 5.76 Å². The summed E-state index contributed by atoms with van der Waals surface area (Å²) in [4.78, 5) is 1.83. The fourth-order valence-corrected chi connectivity index (χ4v) is 0.776. The molecule has 0 saturated heterocycles. The summed E-state index contributed by atoms with van der Waals surface area (Å²) in [5, 5.41) is 0. The standard InChI is InChI=1S/C7H7BrO/c8-5-1-3-7-4-2-6-9-7/h1-2,4-6H,3H2/b5-1+. The Kier molecular flexibility index (Phi) is 2.58. The average Bonchev–Trinajstić information content (AvgIpc) is 2.34. The summed E-state index contributed by atoms with van der Waals surface area (Å²) >= 11 is 3.17. The van der Waals surface area contributed by atoms with Crippen molar-refractivity contribution in [3.63, 3.8) is 0 Å². The van der Waals surface area contributed by atoms with Gasteiger partial charge in [-0.2, -0.15) is 0 Å². The summed E-state index contributed by atoms with van der Waals surface area (Å²) < 4.78 is 5.06. The number of rotatable bonds is 2. The van der Waals surface area contributed by atoms with Crippen molar-refractivity contribution in [1.29, 1.82) is 0 Å². The van der Waals surface area contributed by atoms with Gasteiger partial charge in [0.25, 0.3) is 0 Å². The highest BCUT2D eigenvalue weighted by Crippen LogP contribution is 2.01. The number of hydrogen-bond acceptors (Lipinski definition) is 1. The molecule has 0 saturated carbocycles. The third-order valence-electron chi connectivity index (χ3n) is 0.988. The van der Waals surface area contributed by atoms with E-state index in [0.717, 1.165) is 12.2 Å². The quantitative estimate of drug-likeness (QED) is 0.693. The van der Waals surface area contributed by atoms with Gasteiger partial charge < -0.3 is 4.42 Å². The Morgan fingerprint density at radius 3 is 3.11 bits per heavy atom. The van der Waals surface area contributed by atoms with Crippen molar-refractivity contribution in [2.24, 2.45) is 0 Å². The second kappa shape index (κ2) is 3.51. The van der Waals surface area contributed by atoms with Crippen LogP contribution in [-0.2, 0) is 6.42 Å². The molecule has 0 aliphatic heterocycles. The summed E-state index contributed by atoms with van der Waals surface area (Å²) in [6, 6.07) is 3.84. The maximum atomic E-state index is 5.06. The SMILES string of the molecule is Br/C=C/Cc1ccco1. The van der Waals surface area contributed by atoms with E-state index in [-0.39, 0.29) is 0 Å². The van der Waals surface area contributed by atoms with Crippen molar-refractivity contribution in [2.75, 3.05) is 0 Å². The number of hydrogen-bond donors (Lipinski definition) is 0. The minimum absolute atomic E-state index is 0.859. The molecule has 0 bridgehead atoms. The molecule has 1 aromatic rings. The topological polar surface area (TPSA) is 13.1 Å². The Morgan fingerprint density at radius 1 is 1.67 bits per heavy atom. The van der Waals surface area contributed by atoms with Gasteiger partial charge in [0.1, 0.15) is 5.76 Å². The van der Waals surface area contributed by atoms with Crippen molar-refractivity contribution in [3.8, 4) is 0 Å². The fourth-order valence-electron chi connectivity index (χ4n) is 0.589. The van der Waals surface area contributed by atoms with Crippen LogP contribution in [0.5, 0.6) is 0 Å². The van der Waals surface area contributed by atoms with Gasteiger partial charge in [-0.15, -0.1) is 0 Å². The van der Waals surface area contributed by atoms with Crippen molar-refractivity contribution >= 4 is 15.9 Å². The largest absolute Gasteiger partial charge is 0.469 e. The zero-order valence-electron chi connectivity index (χ0n) is 4.88. The Labute approximate surface area is 62.5 Å². The fraction of sp³-hybridized carbons (Fsp3) is 0.143. The first-order chi connectivity index (χ1) is 4.43. The van der Waals surface area contributed by atoms with Gasteiger partial charge in [-0.05, 0) is 17.1 Å². The van der Waals surface area contributed by atoms with E-state index >= 15 is 0 Å². The average molecular weight is 187 g/mol. The summed E-state index contributed by atoms with van der Waals surface area (Å²) in [6.07, 6.45) is 4.52. The summed E-state index contributed by atoms with van der Waals surface area (Å²) in [5.74, 6) is 0.991. The molecule has 0 unspecified atom stereocenters. The van der Waals surface area contributed by atoms with Crippen LogP contribution in [0.2, 0.25) is 0 Å². The molecule has 1 nitrogen and oxygen atoms in total. The van der Waals surface area contributed by atoms with Gasteiger partial charge in [0.2, 0.25) is 0 Å². The predicted molar refractivity (Wildman–Crippen MR) is 40.5 cm³/mol. The van der Waals surface area contributed by atoms with Crippen LogP contribution in [0.3, 0.4) is 0 Å². The minimum Gasteiger partial charge on any atom is -0.469 e. The van der Waals surface area contributed by atoms with Gasteiger partial charge in [-0.1, -0.05) is 22.0 Å². The molecule has 2 heteroatoms. The van der Waals surface area contributed by atoms with E-state index in [9.17, 15) is 0 Å². The van der Waals surface area contributed by atoms with E-state index in [1.807, 2.05) is 23.2 Å². The van der Waals surface area contributed by atoms with Gasteiger partial charge >= 0.3 is 0 Å². The van der Waals surface area contributed by atoms with Crippen LogP contribution >= 0.6 is 15.9 Å². The third-order valence-corrected chi connectivity index (χ3v) is 1.36. The molecule has 0 radical (unpaired) electrons. The van der Waals surface area contributed by atoms with Crippen molar-refractivity contribution < 1.29 is 4.42 Å². The van der Waals surface area contributed by atoms with E-state index in [1.54, 1.807) is 6.26 Å². The van der Waals surface area contributed by atoms with Gasteiger partial charge in [-0.3, -0.25) is 0 Å². The van der Waals surface area contributed by atoms with E-state index in [4.69, 9.17) is 4.42 Å². The maximum Gasteiger partial charge on any atom is 0.107 e. The normalized spacial score (nSPS) is 10.8. The summed E-state index contributed by atoms with van der Waals surface area (Å²) in [7, 11) is 0. The Morgan fingerprint density at radius 2 is 2.56 bits per heavy atom. The zero-order valence-corrected chi connectivity index (χ0v) is 6.47. The molecule has 0 spiro atoms. The lowest BCUT2D eigenvalue weighted by Gasteiger charge is -1.83. The highest BCUT2D eigenvalue weighted by molar-refractivity contribution is 9.11.